The van der Waals surface area contributed by atoms with Crippen molar-refractivity contribution < 1.29 is 43.2 Å². The summed E-state index contributed by atoms with van der Waals surface area (Å²) in [5.41, 5.74) is 2.11. The fourth-order valence-electron chi connectivity index (χ4n) is 6.59. The van der Waals surface area contributed by atoms with Crippen molar-refractivity contribution in [2.24, 2.45) is 5.92 Å². The molecule has 332 valence electrons. The van der Waals surface area contributed by atoms with Gasteiger partial charge in [0.2, 0.25) is 0 Å². The molecular formula is C49H82O9. The second kappa shape index (κ2) is 38.2. The molecule has 1 atom stereocenters. The third-order valence-corrected chi connectivity index (χ3v) is 10.0. The molecule has 0 heterocycles. The van der Waals surface area contributed by atoms with Gasteiger partial charge in [-0.25, -0.2) is 0 Å². The van der Waals surface area contributed by atoms with Crippen LogP contribution in [0.15, 0.2) is 42.5 Å². The first-order valence-electron chi connectivity index (χ1n) is 23.1. The predicted octanol–water partition coefficient (Wildman–Crippen LogP) is 12.3. The van der Waals surface area contributed by atoms with Crippen molar-refractivity contribution in [3.05, 3.63) is 59.2 Å². The van der Waals surface area contributed by atoms with Gasteiger partial charge in [0.05, 0.1) is 25.6 Å². The van der Waals surface area contributed by atoms with Crippen molar-refractivity contribution in [1.29, 1.82) is 0 Å². The Labute approximate surface area is 353 Å². The van der Waals surface area contributed by atoms with E-state index in [9.17, 15) is 19.5 Å². The summed E-state index contributed by atoms with van der Waals surface area (Å²) in [7, 11) is 0. The molecular weight excluding hydrogens is 733 g/mol. The molecule has 0 amide bonds. The topological polar surface area (TPSA) is 118 Å². The Kier molecular flexibility index (Phi) is 34.9. The molecule has 1 N–H and O–H groups in total. The van der Waals surface area contributed by atoms with Crippen LogP contribution in [-0.4, -0.2) is 49.1 Å². The van der Waals surface area contributed by atoms with Gasteiger partial charge in [0.1, 0.15) is 13.2 Å². The van der Waals surface area contributed by atoms with E-state index < -0.39 is 6.29 Å². The Morgan fingerprint density at radius 2 is 1.05 bits per heavy atom. The van der Waals surface area contributed by atoms with Crippen molar-refractivity contribution in [1.82, 2.24) is 0 Å². The smallest absolute Gasteiger partial charge is 0.308 e. The SMILES string of the molecule is CC/C=C\CCCCOC(CCC(=O)OCc1cc(CO)cc(COC(=O)CCCCCCCOC(=O)C(CCCC)CCCCCC)c1)OCCCC/C=C\CC. The number of aliphatic hydroxyl groups is 1. The molecule has 1 rings (SSSR count). The number of benzene rings is 1. The van der Waals surface area contributed by atoms with Crippen LogP contribution in [0.1, 0.15) is 198 Å². The average Bonchev–Trinajstić information content (AvgIpc) is 3.23. The summed E-state index contributed by atoms with van der Waals surface area (Å²) >= 11 is 0. The van der Waals surface area contributed by atoms with E-state index in [1.165, 1.54) is 19.3 Å². The molecule has 0 radical (unpaired) electrons. The van der Waals surface area contributed by atoms with Crippen LogP contribution in [0, 0.1) is 5.92 Å². The van der Waals surface area contributed by atoms with Crippen LogP contribution in [0.25, 0.3) is 0 Å². The van der Waals surface area contributed by atoms with E-state index in [0.717, 1.165) is 127 Å². The fraction of sp³-hybridized carbons (Fsp3) is 0.735. The molecule has 0 bridgehead atoms. The summed E-state index contributed by atoms with van der Waals surface area (Å²) in [5, 5.41) is 9.85. The predicted molar refractivity (Wildman–Crippen MR) is 234 cm³/mol. The van der Waals surface area contributed by atoms with Crippen molar-refractivity contribution >= 4 is 17.9 Å². The lowest BCUT2D eigenvalue weighted by molar-refractivity contribution is -0.160. The van der Waals surface area contributed by atoms with Gasteiger partial charge in [-0.2, -0.15) is 0 Å². The zero-order chi connectivity index (χ0) is 42.3. The van der Waals surface area contributed by atoms with E-state index in [1.807, 2.05) is 6.07 Å². The zero-order valence-electron chi connectivity index (χ0n) is 37.1. The van der Waals surface area contributed by atoms with Gasteiger partial charge in [0.25, 0.3) is 0 Å². The molecule has 1 unspecified atom stereocenters. The third kappa shape index (κ3) is 30.1. The normalized spacial score (nSPS) is 12.2. The minimum Gasteiger partial charge on any atom is -0.465 e. The molecule has 9 nitrogen and oxygen atoms in total. The molecule has 0 saturated carbocycles. The molecule has 0 aliphatic heterocycles. The lowest BCUT2D eigenvalue weighted by Gasteiger charge is -2.18. The van der Waals surface area contributed by atoms with Gasteiger partial charge in [0.15, 0.2) is 6.29 Å². The molecule has 9 heteroatoms. The van der Waals surface area contributed by atoms with Crippen molar-refractivity contribution in [2.75, 3.05) is 19.8 Å². The number of hydrogen-bond acceptors (Lipinski definition) is 9. The van der Waals surface area contributed by atoms with E-state index in [2.05, 4.69) is 52.0 Å². The minimum atomic E-state index is -0.460. The maximum absolute atomic E-state index is 12.8. The van der Waals surface area contributed by atoms with Crippen LogP contribution in [-0.2, 0) is 57.9 Å². The van der Waals surface area contributed by atoms with Gasteiger partial charge in [-0.15, -0.1) is 0 Å². The fourth-order valence-corrected chi connectivity index (χ4v) is 6.59. The van der Waals surface area contributed by atoms with E-state index >= 15 is 0 Å². The number of unbranched alkanes of at least 4 members (excludes halogenated alkanes) is 12. The van der Waals surface area contributed by atoms with Gasteiger partial charge >= 0.3 is 17.9 Å². The summed E-state index contributed by atoms with van der Waals surface area (Å²) in [4.78, 5) is 37.9. The maximum Gasteiger partial charge on any atom is 0.308 e. The Hall–Kier alpha value is -3.01. The number of hydrogen-bond donors (Lipinski definition) is 1. The van der Waals surface area contributed by atoms with Crippen LogP contribution < -0.4 is 0 Å². The third-order valence-electron chi connectivity index (χ3n) is 10.0. The lowest BCUT2D eigenvalue weighted by atomic mass is 9.95. The molecule has 0 aliphatic rings. The molecule has 1 aromatic carbocycles. The van der Waals surface area contributed by atoms with Crippen LogP contribution in [0.3, 0.4) is 0 Å². The molecule has 58 heavy (non-hydrogen) atoms. The highest BCUT2D eigenvalue weighted by atomic mass is 16.7. The summed E-state index contributed by atoms with van der Waals surface area (Å²) in [6, 6.07) is 5.42. The summed E-state index contributed by atoms with van der Waals surface area (Å²) in [6.45, 7) is 10.2. The summed E-state index contributed by atoms with van der Waals surface area (Å²) < 4.78 is 28.8. The highest BCUT2D eigenvalue weighted by Crippen LogP contribution is 2.20. The van der Waals surface area contributed by atoms with Gasteiger partial charge < -0.3 is 28.8 Å². The molecule has 1 aromatic rings. The van der Waals surface area contributed by atoms with Gasteiger partial charge in [0, 0.05) is 26.1 Å². The van der Waals surface area contributed by atoms with Crippen molar-refractivity contribution in [3.8, 4) is 0 Å². The number of ether oxygens (including phenoxy) is 5. The second-order valence-corrected chi connectivity index (χ2v) is 15.5. The Morgan fingerprint density at radius 3 is 1.64 bits per heavy atom. The quantitative estimate of drug-likeness (QED) is 0.0228. The first kappa shape index (κ1) is 53.0. The number of carbonyl (C=O) groups excluding carboxylic acids is 3. The lowest BCUT2D eigenvalue weighted by Crippen LogP contribution is -2.21. The Balaban J connectivity index is 2.42. The van der Waals surface area contributed by atoms with Crippen molar-refractivity contribution in [3.63, 3.8) is 0 Å². The van der Waals surface area contributed by atoms with E-state index in [4.69, 9.17) is 23.7 Å². The largest absolute Gasteiger partial charge is 0.465 e. The summed E-state index contributed by atoms with van der Waals surface area (Å²) in [6.07, 6.45) is 30.4. The first-order chi connectivity index (χ1) is 28.4. The second-order valence-electron chi connectivity index (χ2n) is 15.5. The number of aliphatic hydroxyl groups excluding tert-OH is 1. The van der Waals surface area contributed by atoms with Crippen LogP contribution in [0.5, 0.6) is 0 Å². The zero-order valence-corrected chi connectivity index (χ0v) is 37.1. The van der Waals surface area contributed by atoms with Crippen LogP contribution >= 0.6 is 0 Å². The van der Waals surface area contributed by atoms with Gasteiger partial charge in [-0.3, -0.25) is 14.4 Å². The Morgan fingerprint density at radius 1 is 0.534 bits per heavy atom. The number of allylic oxidation sites excluding steroid dienone is 4. The van der Waals surface area contributed by atoms with Crippen molar-refractivity contribution in [2.45, 2.75) is 208 Å². The maximum atomic E-state index is 12.8. The number of carbonyl (C=O) groups is 3. The minimum absolute atomic E-state index is 0.0313. The monoisotopic (exact) mass is 815 g/mol. The van der Waals surface area contributed by atoms with Gasteiger partial charge in [-0.1, -0.05) is 122 Å². The highest BCUT2D eigenvalue weighted by Gasteiger charge is 2.19. The summed E-state index contributed by atoms with van der Waals surface area (Å²) in [5.74, 6) is -0.618. The molecule has 0 fully saturated rings. The molecule has 0 saturated heterocycles. The molecule has 0 spiro atoms. The highest BCUT2D eigenvalue weighted by molar-refractivity contribution is 5.72. The van der Waals surface area contributed by atoms with Crippen LogP contribution in [0.2, 0.25) is 0 Å². The number of esters is 3. The van der Waals surface area contributed by atoms with E-state index in [1.54, 1.807) is 12.1 Å². The van der Waals surface area contributed by atoms with E-state index in [-0.39, 0.29) is 50.1 Å². The average molecular weight is 815 g/mol. The standard InChI is InChI=1S/C49H82O9/c1-5-9-13-16-20-25-33-54-48(55-34-26-21-17-14-10-6-2)32-31-47(52)58-41-44-37-42(39-50)36-43(38-44)40-57-46(51)30-24-19-18-22-27-35-56-49(53)45(28-12-8-4)29-23-15-11-7-3/h9-10,13-14,36-38,45,48,50H,5-8,11-12,15-35,39-41H2,1-4H3/b13-9-,14-10-. The van der Waals surface area contributed by atoms with Gasteiger partial charge in [-0.05, 0) is 99.8 Å². The van der Waals surface area contributed by atoms with Crippen LogP contribution in [0.4, 0.5) is 0 Å². The molecule has 0 aliphatic carbocycles. The van der Waals surface area contributed by atoms with E-state index in [0.29, 0.717) is 38.2 Å². The number of rotatable bonds is 39. The Bertz CT molecular complexity index is 1200. The molecule has 0 aromatic heterocycles. The first-order valence-corrected chi connectivity index (χ1v) is 23.1.